The van der Waals surface area contributed by atoms with Crippen molar-refractivity contribution in [2.45, 2.75) is 75.9 Å². The highest BCUT2D eigenvalue weighted by Crippen LogP contribution is 2.43. The molecule has 2 bridgehead atoms. The summed E-state index contributed by atoms with van der Waals surface area (Å²) in [5.74, 6) is 0.657. The molecule has 0 saturated carbocycles. The zero-order chi connectivity index (χ0) is 35.1. The van der Waals surface area contributed by atoms with E-state index in [-0.39, 0.29) is 42.0 Å². The lowest BCUT2D eigenvalue weighted by atomic mass is 9.95. The van der Waals surface area contributed by atoms with Crippen LogP contribution in [0.15, 0.2) is 42.5 Å². The Labute approximate surface area is 302 Å². The minimum atomic E-state index is -0.492. The van der Waals surface area contributed by atoms with E-state index < -0.39 is 5.82 Å². The molecule has 12 heteroatoms. The Morgan fingerprint density at radius 3 is 2.55 bits per heavy atom. The molecule has 0 aliphatic carbocycles. The van der Waals surface area contributed by atoms with Gasteiger partial charge >= 0.3 is 12.1 Å². The largest absolute Gasteiger partial charge is 0.468 e. The van der Waals surface area contributed by atoms with Gasteiger partial charge in [0.2, 0.25) is 0 Å². The maximum absolute atomic E-state index is 17.2. The summed E-state index contributed by atoms with van der Waals surface area (Å²) in [5.41, 5.74) is 1.08. The molecule has 1 amide bonds. The number of unbranched alkanes of at least 4 members (excludes halogenated alkanes) is 1. The number of carbonyl (C=O) groups excluding carboxylic acids is 1. The number of amides is 1. The first-order valence-corrected chi connectivity index (χ1v) is 18.7. The quantitative estimate of drug-likeness (QED) is 0.114. The Bertz CT molecular complexity index is 1920. The Kier molecular flexibility index (Phi) is 9.54. The number of ether oxygens (including phenoxy) is 4. The van der Waals surface area contributed by atoms with Gasteiger partial charge in [-0.25, -0.2) is 9.18 Å². The van der Waals surface area contributed by atoms with Crippen LogP contribution in [0.5, 0.6) is 11.8 Å². The molecule has 3 aromatic carbocycles. The third kappa shape index (κ3) is 6.31. The summed E-state index contributed by atoms with van der Waals surface area (Å²) in [6.07, 6.45) is 7.74. The van der Waals surface area contributed by atoms with Crippen LogP contribution in [-0.2, 0) is 9.47 Å². The van der Waals surface area contributed by atoms with E-state index in [1.165, 1.54) is 0 Å². The zero-order valence-electron chi connectivity index (χ0n) is 29.3. The highest BCUT2D eigenvalue weighted by atomic mass is 35.5. The fourth-order valence-electron chi connectivity index (χ4n) is 8.83. The van der Waals surface area contributed by atoms with Crippen LogP contribution in [0.3, 0.4) is 0 Å². The topological polar surface area (TPSA) is 89.5 Å². The summed E-state index contributed by atoms with van der Waals surface area (Å²) >= 11 is 6.76. The van der Waals surface area contributed by atoms with E-state index in [2.05, 4.69) is 16.7 Å². The van der Waals surface area contributed by atoms with Crippen LogP contribution >= 0.6 is 11.6 Å². The van der Waals surface area contributed by atoms with Gasteiger partial charge in [-0.05, 0) is 93.3 Å². The normalized spacial score (nSPS) is 21.1. The summed E-state index contributed by atoms with van der Waals surface area (Å²) in [7, 11) is 1.56. The van der Waals surface area contributed by atoms with Gasteiger partial charge in [0.05, 0.1) is 24.2 Å². The minimum absolute atomic E-state index is 0.0239. The molecule has 0 N–H and O–H groups in total. The van der Waals surface area contributed by atoms with E-state index >= 15 is 4.39 Å². The number of anilines is 1. The van der Waals surface area contributed by atoms with Gasteiger partial charge in [0.25, 0.3) is 0 Å². The van der Waals surface area contributed by atoms with E-state index in [0.717, 1.165) is 69.8 Å². The minimum Gasteiger partial charge on any atom is -0.468 e. The molecule has 51 heavy (non-hydrogen) atoms. The molecule has 0 radical (unpaired) electrons. The van der Waals surface area contributed by atoms with E-state index in [1.54, 1.807) is 25.3 Å². The van der Waals surface area contributed by atoms with Gasteiger partial charge in [0, 0.05) is 41.6 Å². The molecule has 0 unspecified atom stereocenters. The first-order valence-electron chi connectivity index (χ1n) is 18.3. The third-order valence-electron chi connectivity index (χ3n) is 11.3. The average molecular weight is 718 g/mol. The number of nitrogens with zero attached hydrogens (tertiary/aromatic N) is 5. The van der Waals surface area contributed by atoms with Crippen LogP contribution < -0.4 is 14.4 Å². The van der Waals surface area contributed by atoms with E-state index in [9.17, 15) is 4.79 Å². The van der Waals surface area contributed by atoms with Gasteiger partial charge in [-0.2, -0.15) is 9.97 Å². The van der Waals surface area contributed by atoms with Crippen molar-refractivity contribution in [3.05, 3.63) is 53.3 Å². The lowest BCUT2D eigenvalue weighted by Gasteiger charge is -2.41. The second kappa shape index (κ2) is 14.2. The monoisotopic (exact) mass is 717 g/mol. The van der Waals surface area contributed by atoms with Crippen molar-refractivity contribution in [3.63, 3.8) is 0 Å². The average Bonchev–Trinajstić information content (AvgIpc) is 3.80. The van der Waals surface area contributed by atoms with Gasteiger partial charge in [-0.15, -0.1) is 0 Å². The molecule has 10 nitrogen and oxygen atoms in total. The molecule has 4 aliphatic heterocycles. The van der Waals surface area contributed by atoms with Gasteiger partial charge in [-0.1, -0.05) is 43.1 Å². The molecule has 2 atom stereocenters. The number of hydrogen-bond donors (Lipinski definition) is 0. The number of methoxy groups -OCH3 is 1. The predicted molar refractivity (Wildman–Crippen MR) is 195 cm³/mol. The number of carbonyl (C=O) groups is 1. The van der Waals surface area contributed by atoms with Gasteiger partial charge in [0.1, 0.15) is 23.7 Å². The first-order chi connectivity index (χ1) is 24.9. The fraction of sp³-hybridized carbons (Fsp3) is 0.513. The smallest absolute Gasteiger partial charge is 0.410 e. The Morgan fingerprint density at radius 2 is 1.80 bits per heavy atom. The summed E-state index contributed by atoms with van der Waals surface area (Å²) in [6, 6.07) is 13.0. The summed E-state index contributed by atoms with van der Waals surface area (Å²) < 4.78 is 40.3. The van der Waals surface area contributed by atoms with Crippen LogP contribution in [0.4, 0.5) is 15.0 Å². The summed E-state index contributed by atoms with van der Waals surface area (Å²) in [5, 5.41) is 2.63. The lowest BCUT2D eigenvalue weighted by molar-refractivity contribution is 0.0512. The molecule has 1 aromatic heterocycles. The number of hydrogen-bond acceptors (Lipinski definition) is 9. The van der Waals surface area contributed by atoms with E-state index in [4.69, 9.17) is 40.5 Å². The second-order valence-corrected chi connectivity index (χ2v) is 14.8. The Balaban J connectivity index is 1.20. The Hall–Kier alpha value is -3.93. The van der Waals surface area contributed by atoms with Crippen molar-refractivity contribution < 1.29 is 28.1 Å². The summed E-state index contributed by atoms with van der Waals surface area (Å²) in [6.45, 7) is 6.28. The fourth-order valence-corrected chi connectivity index (χ4v) is 9.11. The SMILES string of the molecule is CCCCOC(=O)N1[C@@H]2CC[C@H]1CN(c1nc(OCC34CCCN3CCC4)nc3c(F)c(-c4cc(OCOC)cc5cccc(Cl)c45)ccc13)C2. The molecule has 4 aliphatic rings. The van der Waals surface area contributed by atoms with Crippen LogP contribution in [0.2, 0.25) is 5.02 Å². The van der Waals surface area contributed by atoms with E-state index in [1.807, 2.05) is 29.2 Å². The Morgan fingerprint density at radius 1 is 1.02 bits per heavy atom. The molecule has 4 aromatic rings. The standard InChI is InChI=1S/C39H45ClFN5O5/c1-3-4-18-49-38(47)46-26-10-11-27(46)22-44(21-26)36-30-13-12-29(31-20-28(51-24-48-2)19-25-8-5-9-32(40)33(25)31)34(41)35(30)42-37(43-36)50-23-39-14-6-16-45(39)17-7-15-39/h5,8-9,12-13,19-20,26-27H,3-4,6-7,10-11,14-18,21-24H2,1-2H3/t26-,27+. The highest BCUT2D eigenvalue weighted by molar-refractivity contribution is 6.36. The van der Waals surface area contributed by atoms with Crippen molar-refractivity contribution in [2.75, 3.05) is 58.2 Å². The number of fused-ring (bicyclic) bond motifs is 5. The van der Waals surface area contributed by atoms with Crippen LogP contribution in [0.1, 0.15) is 58.3 Å². The van der Waals surface area contributed by atoms with Crippen molar-refractivity contribution in [2.24, 2.45) is 0 Å². The predicted octanol–water partition coefficient (Wildman–Crippen LogP) is 7.82. The zero-order valence-corrected chi connectivity index (χ0v) is 30.1. The van der Waals surface area contributed by atoms with Gasteiger partial charge < -0.3 is 23.8 Å². The van der Waals surface area contributed by atoms with Crippen molar-refractivity contribution in [1.82, 2.24) is 19.8 Å². The molecule has 0 spiro atoms. The number of halogens is 2. The molecule has 8 rings (SSSR count). The molecular formula is C39H45ClFN5O5. The maximum atomic E-state index is 17.2. The van der Waals surface area contributed by atoms with Crippen molar-refractivity contribution >= 4 is 45.2 Å². The number of piperazine rings is 1. The number of rotatable bonds is 11. The van der Waals surface area contributed by atoms with Crippen LogP contribution in [-0.4, -0.2) is 96.8 Å². The van der Waals surface area contributed by atoms with E-state index in [0.29, 0.717) is 64.8 Å². The van der Waals surface area contributed by atoms with Crippen LogP contribution in [0.25, 0.3) is 32.8 Å². The van der Waals surface area contributed by atoms with Gasteiger partial charge in [-0.3, -0.25) is 9.80 Å². The number of benzene rings is 3. The van der Waals surface area contributed by atoms with Gasteiger partial charge in [0.15, 0.2) is 12.6 Å². The second-order valence-electron chi connectivity index (χ2n) is 14.4. The first kappa shape index (κ1) is 34.2. The molecule has 5 heterocycles. The van der Waals surface area contributed by atoms with Crippen molar-refractivity contribution in [1.29, 1.82) is 0 Å². The number of aromatic nitrogens is 2. The lowest BCUT2D eigenvalue weighted by Crippen LogP contribution is -2.56. The molecular weight excluding hydrogens is 673 g/mol. The summed E-state index contributed by atoms with van der Waals surface area (Å²) in [4.78, 5) is 29.5. The van der Waals surface area contributed by atoms with Crippen molar-refractivity contribution in [3.8, 4) is 22.9 Å². The molecule has 4 saturated heterocycles. The molecule has 270 valence electrons. The maximum Gasteiger partial charge on any atom is 0.410 e. The molecule has 4 fully saturated rings. The third-order valence-corrected chi connectivity index (χ3v) is 11.6. The van der Waals surface area contributed by atoms with Crippen LogP contribution in [0, 0.1) is 5.82 Å². The highest BCUT2D eigenvalue weighted by Gasteiger charge is 2.46.